The van der Waals surface area contributed by atoms with Gasteiger partial charge >= 0.3 is 0 Å². The Hall–Kier alpha value is -2.99. The molecule has 0 heterocycles. The van der Waals surface area contributed by atoms with E-state index in [9.17, 15) is 20.1 Å². The summed E-state index contributed by atoms with van der Waals surface area (Å²) in [4.78, 5) is 10.9. The van der Waals surface area contributed by atoms with Gasteiger partial charge in [0, 0.05) is 12.8 Å². The Balaban J connectivity index is 3.79. The normalized spacial score (nSPS) is 13.4. The quantitative estimate of drug-likeness (QED) is 0.105. The van der Waals surface area contributed by atoms with Crippen LogP contribution in [0.2, 0.25) is 0 Å². The lowest BCUT2D eigenvalue weighted by Gasteiger charge is -1.98. The molecular formula is C30H38O4. The highest BCUT2D eigenvalue weighted by Crippen LogP contribution is 2.06. The molecule has 0 radical (unpaired) electrons. The third-order valence-electron chi connectivity index (χ3n) is 4.72. The van der Waals surface area contributed by atoms with Crippen molar-refractivity contribution < 1.29 is 20.1 Å². The molecule has 3 N–H and O–H groups in total. The molecule has 0 rings (SSSR count). The average molecular weight is 463 g/mol. The second kappa shape index (κ2) is 23.2. The second-order valence-electron chi connectivity index (χ2n) is 7.77. The topological polar surface area (TPSA) is 77.8 Å². The summed E-state index contributed by atoms with van der Waals surface area (Å²) in [7, 11) is 0. The molecule has 0 fully saturated rings. The van der Waals surface area contributed by atoms with Crippen LogP contribution in [0.3, 0.4) is 0 Å². The number of unbranched alkanes of at least 4 members (excludes halogenated alkanes) is 10. The first-order valence-corrected chi connectivity index (χ1v) is 12.0. The number of hydrogen-bond donors (Lipinski definition) is 3. The Morgan fingerprint density at radius 3 is 1.68 bits per heavy atom. The van der Waals surface area contributed by atoms with Crippen LogP contribution in [0.15, 0.2) is 36.5 Å². The fourth-order valence-electron chi connectivity index (χ4n) is 2.84. The Bertz CT molecular complexity index is 843. The highest BCUT2D eigenvalue weighted by Gasteiger charge is 1.96. The summed E-state index contributed by atoms with van der Waals surface area (Å²) in [5.74, 6) is 15.4. The average Bonchev–Trinajstić information content (AvgIpc) is 2.84. The number of carbonyl (C=O) groups excluding carboxylic acids is 1. The van der Waals surface area contributed by atoms with Crippen LogP contribution in [0.25, 0.3) is 0 Å². The lowest BCUT2D eigenvalue weighted by Crippen LogP contribution is -2.02. The van der Waals surface area contributed by atoms with Crippen LogP contribution in [0.4, 0.5) is 0 Å². The number of allylic oxidation sites excluding steroid dienone is 3. The Morgan fingerprint density at radius 2 is 1.18 bits per heavy atom. The summed E-state index contributed by atoms with van der Waals surface area (Å²) in [6.07, 6.45) is 28.5. The van der Waals surface area contributed by atoms with Crippen molar-refractivity contribution >= 4 is 5.78 Å². The third-order valence-corrected chi connectivity index (χ3v) is 4.72. The SMILES string of the molecule is C#CC(=O)C=CCCCCCCC#CC(O)C=CC(O)C#CCCCCCCC=CC(O)C#C. The Kier molecular flexibility index (Phi) is 21.1. The van der Waals surface area contributed by atoms with Crippen molar-refractivity contribution in [3.8, 4) is 48.4 Å². The van der Waals surface area contributed by atoms with Gasteiger partial charge in [0.15, 0.2) is 0 Å². The largest absolute Gasteiger partial charge is 0.377 e. The van der Waals surface area contributed by atoms with Crippen LogP contribution in [0.5, 0.6) is 0 Å². The Labute approximate surface area is 206 Å². The molecule has 0 saturated carbocycles. The number of carbonyl (C=O) groups is 1. The van der Waals surface area contributed by atoms with E-state index in [1.165, 1.54) is 18.2 Å². The summed E-state index contributed by atoms with van der Waals surface area (Å²) in [5.41, 5.74) is 0. The fourth-order valence-corrected chi connectivity index (χ4v) is 2.84. The maximum absolute atomic E-state index is 10.9. The zero-order valence-electron chi connectivity index (χ0n) is 20.1. The van der Waals surface area contributed by atoms with E-state index in [4.69, 9.17) is 12.8 Å². The van der Waals surface area contributed by atoms with Gasteiger partial charge in [0.1, 0.15) is 18.3 Å². The molecule has 0 aromatic carbocycles. The molecule has 0 spiro atoms. The van der Waals surface area contributed by atoms with Gasteiger partial charge in [-0.1, -0.05) is 55.6 Å². The van der Waals surface area contributed by atoms with Crippen molar-refractivity contribution in [3.05, 3.63) is 36.5 Å². The van der Waals surface area contributed by atoms with E-state index in [0.29, 0.717) is 6.42 Å². The predicted molar refractivity (Wildman–Crippen MR) is 139 cm³/mol. The van der Waals surface area contributed by atoms with Crippen LogP contribution < -0.4 is 0 Å². The van der Waals surface area contributed by atoms with E-state index in [-0.39, 0.29) is 5.78 Å². The van der Waals surface area contributed by atoms with Crippen molar-refractivity contribution in [2.75, 3.05) is 0 Å². The predicted octanol–water partition coefficient (Wildman–Crippen LogP) is 4.26. The van der Waals surface area contributed by atoms with E-state index in [2.05, 4.69) is 29.6 Å². The summed E-state index contributed by atoms with van der Waals surface area (Å²) in [5, 5.41) is 28.9. The monoisotopic (exact) mass is 462 g/mol. The van der Waals surface area contributed by atoms with Gasteiger partial charge in [-0.2, -0.15) is 0 Å². The van der Waals surface area contributed by atoms with Gasteiger partial charge in [-0.3, -0.25) is 4.79 Å². The minimum absolute atomic E-state index is 0.297. The third kappa shape index (κ3) is 22.2. The van der Waals surface area contributed by atoms with Gasteiger partial charge in [0.25, 0.3) is 0 Å². The van der Waals surface area contributed by atoms with E-state index in [1.54, 1.807) is 6.08 Å². The molecule has 0 aliphatic carbocycles. The lowest BCUT2D eigenvalue weighted by molar-refractivity contribution is -0.109. The first-order valence-electron chi connectivity index (χ1n) is 12.0. The van der Waals surface area contributed by atoms with E-state index < -0.39 is 18.3 Å². The number of terminal acetylenes is 2. The molecule has 34 heavy (non-hydrogen) atoms. The highest BCUT2D eigenvalue weighted by atomic mass is 16.3. The van der Waals surface area contributed by atoms with Crippen LogP contribution >= 0.6 is 0 Å². The summed E-state index contributed by atoms with van der Waals surface area (Å²) in [6.45, 7) is 0. The first-order chi connectivity index (χ1) is 16.5. The number of rotatable bonds is 16. The molecule has 0 aliphatic rings. The Morgan fingerprint density at radius 1 is 0.676 bits per heavy atom. The summed E-state index contributed by atoms with van der Waals surface area (Å²) < 4.78 is 0. The van der Waals surface area contributed by atoms with Crippen LogP contribution in [-0.2, 0) is 4.79 Å². The number of aliphatic hydroxyl groups is 3. The van der Waals surface area contributed by atoms with Gasteiger partial charge in [-0.25, -0.2) is 0 Å². The fraction of sp³-hybridized carbons (Fsp3) is 0.500. The summed E-state index contributed by atoms with van der Waals surface area (Å²) in [6, 6.07) is 0. The molecule has 0 amide bonds. The molecule has 182 valence electrons. The molecule has 4 nitrogen and oxygen atoms in total. The zero-order chi connectivity index (χ0) is 25.3. The molecular weight excluding hydrogens is 424 g/mol. The number of hydrogen-bond acceptors (Lipinski definition) is 4. The second-order valence-corrected chi connectivity index (χ2v) is 7.77. The minimum Gasteiger partial charge on any atom is -0.377 e. The van der Waals surface area contributed by atoms with Gasteiger partial charge in [0.05, 0.1) is 0 Å². The van der Waals surface area contributed by atoms with Gasteiger partial charge in [-0.05, 0) is 68.7 Å². The van der Waals surface area contributed by atoms with Crippen molar-refractivity contribution in [2.45, 2.75) is 95.4 Å². The molecule has 0 saturated heterocycles. The molecule has 0 aromatic heterocycles. The van der Waals surface area contributed by atoms with E-state index >= 15 is 0 Å². The molecule has 0 bridgehead atoms. The van der Waals surface area contributed by atoms with Crippen molar-refractivity contribution in [1.29, 1.82) is 0 Å². The number of ketones is 1. The smallest absolute Gasteiger partial charge is 0.228 e. The minimum atomic E-state index is -0.911. The molecule has 4 heteroatoms. The standard InChI is InChI=1S/C30H38O4/c1-3-27(31)21-17-13-9-5-7-11-15-19-23-29(33)25-26-30(34)24-20-16-12-8-6-10-14-18-22-28(32)4-2/h1-2,17-18,21-22,25-27,29-31,33-34H,5-16H2. The maximum atomic E-state index is 10.9. The van der Waals surface area contributed by atoms with Gasteiger partial charge < -0.3 is 15.3 Å². The van der Waals surface area contributed by atoms with Crippen molar-refractivity contribution in [2.24, 2.45) is 0 Å². The van der Waals surface area contributed by atoms with Crippen LogP contribution in [-0.4, -0.2) is 39.4 Å². The molecule has 0 aliphatic heterocycles. The van der Waals surface area contributed by atoms with Gasteiger partial charge in [-0.15, -0.1) is 24.7 Å². The van der Waals surface area contributed by atoms with Crippen molar-refractivity contribution in [1.82, 2.24) is 0 Å². The van der Waals surface area contributed by atoms with Crippen molar-refractivity contribution in [3.63, 3.8) is 0 Å². The van der Waals surface area contributed by atoms with E-state index in [1.807, 2.05) is 18.1 Å². The maximum Gasteiger partial charge on any atom is 0.228 e. The molecule has 3 unspecified atom stereocenters. The molecule has 3 atom stereocenters. The van der Waals surface area contributed by atoms with E-state index in [0.717, 1.165) is 70.6 Å². The summed E-state index contributed by atoms with van der Waals surface area (Å²) >= 11 is 0. The van der Waals surface area contributed by atoms with Gasteiger partial charge in [0.2, 0.25) is 5.78 Å². The highest BCUT2D eigenvalue weighted by molar-refractivity contribution is 6.03. The zero-order valence-corrected chi connectivity index (χ0v) is 20.1. The number of aliphatic hydroxyl groups excluding tert-OH is 3. The van der Waals surface area contributed by atoms with Crippen LogP contribution in [0, 0.1) is 48.4 Å². The lowest BCUT2D eigenvalue weighted by atomic mass is 10.1. The van der Waals surface area contributed by atoms with Crippen LogP contribution in [0.1, 0.15) is 77.0 Å². The molecule has 0 aromatic rings. The first kappa shape index (κ1) is 31.0.